The number of rotatable bonds is 8. The highest BCUT2D eigenvalue weighted by molar-refractivity contribution is 6.39. The number of anilines is 1. The molecule has 0 saturated carbocycles. The van der Waals surface area contributed by atoms with Crippen LogP contribution < -0.4 is 5.32 Å². The number of hydrogen-bond acceptors (Lipinski definition) is 5. The van der Waals surface area contributed by atoms with Crippen LogP contribution in [0.4, 0.5) is 5.69 Å². The molecular formula is C17H22Cl2N4O2. The van der Waals surface area contributed by atoms with Gasteiger partial charge in [0.05, 0.1) is 41.6 Å². The lowest BCUT2D eigenvalue weighted by atomic mass is 10.3. The fourth-order valence-corrected chi connectivity index (χ4v) is 3.08. The molecule has 0 spiro atoms. The number of benzene rings is 1. The largest absolute Gasteiger partial charge is 0.379 e. The molecule has 1 aromatic rings. The van der Waals surface area contributed by atoms with Gasteiger partial charge in [-0.1, -0.05) is 29.3 Å². The first kappa shape index (κ1) is 20.0. The molecule has 1 N–H and O–H groups in total. The lowest BCUT2D eigenvalue weighted by Crippen LogP contribution is -2.43. The van der Waals surface area contributed by atoms with Gasteiger partial charge in [-0.05, 0) is 12.1 Å². The molecule has 0 aromatic heterocycles. The highest BCUT2D eigenvalue weighted by atomic mass is 35.5. The molecular weight excluding hydrogens is 363 g/mol. The van der Waals surface area contributed by atoms with Crippen molar-refractivity contribution < 1.29 is 9.53 Å². The maximum Gasteiger partial charge on any atom is 0.238 e. The van der Waals surface area contributed by atoms with Crippen molar-refractivity contribution in [2.75, 3.05) is 57.8 Å². The molecule has 0 aliphatic carbocycles. The van der Waals surface area contributed by atoms with Gasteiger partial charge >= 0.3 is 0 Å². The average molecular weight is 385 g/mol. The number of carbonyl (C=O) groups is 1. The Hall–Kier alpha value is -1.36. The van der Waals surface area contributed by atoms with Crippen molar-refractivity contribution in [3.8, 4) is 6.07 Å². The smallest absolute Gasteiger partial charge is 0.238 e. The van der Waals surface area contributed by atoms with Crippen molar-refractivity contribution in [2.45, 2.75) is 6.42 Å². The average Bonchev–Trinajstić information content (AvgIpc) is 2.61. The first-order chi connectivity index (χ1) is 12.1. The van der Waals surface area contributed by atoms with E-state index in [1.165, 1.54) is 0 Å². The number of hydrogen-bond donors (Lipinski definition) is 1. The van der Waals surface area contributed by atoms with Crippen LogP contribution >= 0.6 is 23.2 Å². The van der Waals surface area contributed by atoms with Crippen LogP contribution in [0.3, 0.4) is 0 Å². The molecule has 0 bridgehead atoms. The van der Waals surface area contributed by atoms with Crippen molar-refractivity contribution in [1.29, 1.82) is 5.26 Å². The molecule has 6 nitrogen and oxygen atoms in total. The van der Waals surface area contributed by atoms with Gasteiger partial charge in [0.15, 0.2) is 0 Å². The second-order valence-electron chi connectivity index (χ2n) is 5.78. The predicted molar refractivity (Wildman–Crippen MR) is 99.0 cm³/mol. The summed E-state index contributed by atoms with van der Waals surface area (Å²) in [5.41, 5.74) is 0.421. The molecule has 1 aliphatic heterocycles. The Kier molecular flexibility index (Phi) is 8.45. The van der Waals surface area contributed by atoms with Crippen LogP contribution in [0, 0.1) is 11.3 Å². The number of nitrogens with one attached hydrogen (secondary N) is 1. The van der Waals surface area contributed by atoms with Crippen LogP contribution in [0.5, 0.6) is 0 Å². The lowest BCUT2D eigenvalue weighted by molar-refractivity contribution is -0.117. The quantitative estimate of drug-likeness (QED) is 0.745. The standard InChI is InChI=1S/C17H22Cl2N4O2/c18-14-3-1-4-15(19)17(14)21-16(24)13-23(6-2-5-20)8-7-22-9-11-25-12-10-22/h1,3-4H,2,6-13H2,(H,21,24). The van der Waals surface area contributed by atoms with Crippen LogP contribution in [0.1, 0.15) is 6.42 Å². The third-order valence-electron chi connectivity index (χ3n) is 3.97. The van der Waals surface area contributed by atoms with Crippen LogP contribution in [-0.2, 0) is 9.53 Å². The van der Waals surface area contributed by atoms with Gasteiger partial charge in [0.25, 0.3) is 0 Å². The van der Waals surface area contributed by atoms with Gasteiger partial charge in [0, 0.05) is 39.1 Å². The van der Waals surface area contributed by atoms with E-state index in [2.05, 4.69) is 16.3 Å². The Labute approximate surface area is 158 Å². The van der Waals surface area contributed by atoms with E-state index in [0.717, 1.165) is 32.8 Å². The first-order valence-corrected chi connectivity index (χ1v) is 8.99. The lowest BCUT2D eigenvalue weighted by Gasteiger charge is -2.29. The van der Waals surface area contributed by atoms with Crippen molar-refractivity contribution >= 4 is 34.8 Å². The molecule has 0 radical (unpaired) electrons. The SMILES string of the molecule is N#CCCN(CCN1CCOCC1)CC(=O)Nc1c(Cl)cccc1Cl. The van der Waals surface area contributed by atoms with Gasteiger partial charge in [-0.2, -0.15) is 5.26 Å². The third kappa shape index (κ3) is 6.81. The number of amides is 1. The van der Waals surface area contributed by atoms with Crippen molar-refractivity contribution in [3.05, 3.63) is 28.2 Å². The topological polar surface area (TPSA) is 68.6 Å². The van der Waals surface area contributed by atoms with E-state index in [1.54, 1.807) is 18.2 Å². The third-order valence-corrected chi connectivity index (χ3v) is 4.60. The summed E-state index contributed by atoms with van der Waals surface area (Å²) in [5, 5.41) is 12.4. The molecule has 0 atom stereocenters. The molecule has 1 fully saturated rings. The summed E-state index contributed by atoms with van der Waals surface area (Å²) in [7, 11) is 0. The molecule has 1 heterocycles. The van der Waals surface area contributed by atoms with Crippen LogP contribution in [0.25, 0.3) is 0 Å². The molecule has 136 valence electrons. The van der Waals surface area contributed by atoms with Crippen LogP contribution in [0.15, 0.2) is 18.2 Å². The minimum atomic E-state index is -0.199. The van der Waals surface area contributed by atoms with Crippen LogP contribution in [0.2, 0.25) is 10.0 Å². The Morgan fingerprint density at radius 1 is 1.28 bits per heavy atom. The number of halogens is 2. The Balaban J connectivity index is 1.88. The zero-order valence-corrected chi connectivity index (χ0v) is 15.5. The fourth-order valence-electron chi connectivity index (χ4n) is 2.58. The van der Waals surface area contributed by atoms with Crippen LogP contribution in [-0.4, -0.2) is 68.2 Å². The van der Waals surface area contributed by atoms with Gasteiger partial charge in [0.2, 0.25) is 5.91 Å². The maximum atomic E-state index is 12.4. The first-order valence-electron chi connectivity index (χ1n) is 8.23. The Morgan fingerprint density at radius 2 is 1.96 bits per heavy atom. The number of ether oxygens (including phenoxy) is 1. The van der Waals surface area contributed by atoms with Gasteiger partial charge in [-0.3, -0.25) is 14.6 Å². The minimum absolute atomic E-state index is 0.188. The van der Waals surface area contributed by atoms with E-state index in [-0.39, 0.29) is 12.5 Å². The predicted octanol–water partition coefficient (Wildman–Crippen LogP) is 2.48. The summed E-state index contributed by atoms with van der Waals surface area (Å²) in [6.07, 6.45) is 0.378. The zero-order valence-electron chi connectivity index (χ0n) is 14.0. The van der Waals surface area contributed by atoms with Crippen molar-refractivity contribution in [2.24, 2.45) is 0 Å². The summed E-state index contributed by atoms with van der Waals surface area (Å²) < 4.78 is 5.34. The molecule has 1 amide bonds. The summed E-state index contributed by atoms with van der Waals surface area (Å²) in [6, 6.07) is 7.20. The van der Waals surface area contributed by atoms with Gasteiger partial charge < -0.3 is 10.1 Å². The zero-order chi connectivity index (χ0) is 18.1. The Morgan fingerprint density at radius 3 is 2.60 bits per heavy atom. The van der Waals surface area contributed by atoms with E-state index in [9.17, 15) is 4.79 Å². The van der Waals surface area contributed by atoms with E-state index in [4.69, 9.17) is 33.2 Å². The molecule has 25 heavy (non-hydrogen) atoms. The highest BCUT2D eigenvalue weighted by Crippen LogP contribution is 2.29. The Bertz CT molecular complexity index is 595. The van der Waals surface area contributed by atoms with Gasteiger partial charge in [0.1, 0.15) is 0 Å². The van der Waals surface area contributed by atoms with Crippen molar-refractivity contribution in [1.82, 2.24) is 9.80 Å². The summed E-state index contributed by atoms with van der Waals surface area (Å²) in [6.45, 7) is 5.56. The van der Waals surface area contributed by atoms with E-state index < -0.39 is 0 Å². The number of nitrogens with zero attached hydrogens (tertiary/aromatic N) is 3. The number of morpholine rings is 1. The van der Waals surface area contributed by atoms with E-state index in [0.29, 0.717) is 35.2 Å². The van der Waals surface area contributed by atoms with Crippen molar-refractivity contribution in [3.63, 3.8) is 0 Å². The molecule has 1 aliphatic rings. The molecule has 2 rings (SSSR count). The number of nitriles is 1. The monoisotopic (exact) mass is 384 g/mol. The molecule has 8 heteroatoms. The number of carbonyl (C=O) groups excluding carboxylic acids is 1. The maximum absolute atomic E-state index is 12.4. The van der Waals surface area contributed by atoms with E-state index in [1.807, 2.05) is 4.90 Å². The highest BCUT2D eigenvalue weighted by Gasteiger charge is 2.16. The minimum Gasteiger partial charge on any atom is -0.379 e. The summed E-state index contributed by atoms with van der Waals surface area (Å²) >= 11 is 12.2. The summed E-state index contributed by atoms with van der Waals surface area (Å²) in [4.78, 5) is 16.6. The number of para-hydroxylation sites is 1. The summed E-state index contributed by atoms with van der Waals surface area (Å²) in [5.74, 6) is -0.199. The molecule has 1 saturated heterocycles. The van der Waals surface area contributed by atoms with E-state index >= 15 is 0 Å². The van der Waals surface area contributed by atoms with Gasteiger partial charge in [-0.25, -0.2) is 0 Å². The second kappa shape index (κ2) is 10.6. The second-order valence-corrected chi connectivity index (χ2v) is 6.60. The normalized spacial score (nSPS) is 15.1. The molecule has 0 unspecified atom stereocenters. The fraction of sp³-hybridized carbons (Fsp3) is 0.529. The molecule has 1 aromatic carbocycles. The van der Waals surface area contributed by atoms with Gasteiger partial charge in [-0.15, -0.1) is 0 Å².